The van der Waals surface area contributed by atoms with Crippen molar-refractivity contribution in [2.75, 3.05) is 12.4 Å². The van der Waals surface area contributed by atoms with Gasteiger partial charge in [-0.05, 0) is 35.4 Å². The fraction of sp³-hybridized carbons (Fsp3) is 0.160. The quantitative estimate of drug-likeness (QED) is 0.438. The van der Waals surface area contributed by atoms with Gasteiger partial charge in [0, 0.05) is 19.2 Å². The van der Waals surface area contributed by atoms with E-state index in [0.29, 0.717) is 13.2 Å². The van der Waals surface area contributed by atoms with E-state index in [1.54, 1.807) is 7.11 Å². The number of anilines is 1. The molecule has 0 aliphatic rings. The summed E-state index contributed by atoms with van der Waals surface area (Å²) in [7, 11) is 3.68. The smallest absolute Gasteiger partial charge is 0.203 e. The minimum atomic E-state index is 0.557. The Kier molecular flexibility index (Phi) is 5.99. The summed E-state index contributed by atoms with van der Waals surface area (Å²) in [5.74, 6) is 2.49. The first-order chi connectivity index (χ1) is 14.7. The van der Waals surface area contributed by atoms with Gasteiger partial charge in [-0.1, -0.05) is 54.6 Å². The predicted octanol–water partition coefficient (Wildman–Crippen LogP) is 5.29. The van der Waals surface area contributed by atoms with Gasteiger partial charge in [0.05, 0.1) is 19.0 Å². The van der Waals surface area contributed by atoms with Crippen LogP contribution in [0.2, 0.25) is 0 Å². The minimum absolute atomic E-state index is 0.557. The Bertz CT molecular complexity index is 1110. The number of nitrogens with one attached hydrogen (secondary N) is 1. The van der Waals surface area contributed by atoms with E-state index < -0.39 is 0 Å². The van der Waals surface area contributed by atoms with E-state index in [1.165, 1.54) is 0 Å². The zero-order chi connectivity index (χ0) is 20.8. The van der Waals surface area contributed by atoms with E-state index in [0.717, 1.165) is 39.8 Å². The van der Waals surface area contributed by atoms with E-state index in [1.807, 2.05) is 66.3 Å². The lowest BCUT2D eigenvalue weighted by Gasteiger charge is -2.11. The fourth-order valence-electron chi connectivity index (χ4n) is 3.29. The number of aromatic nitrogens is 2. The van der Waals surface area contributed by atoms with Gasteiger partial charge in [0.15, 0.2) is 0 Å². The van der Waals surface area contributed by atoms with Crippen LogP contribution in [0.15, 0.2) is 85.1 Å². The number of rotatable bonds is 8. The van der Waals surface area contributed by atoms with Crippen LogP contribution in [0.4, 0.5) is 5.95 Å². The Labute approximate surface area is 176 Å². The summed E-state index contributed by atoms with van der Waals surface area (Å²) in [6.45, 7) is 1.21. The first kappa shape index (κ1) is 19.6. The highest BCUT2D eigenvalue weighted by Gasteiger charge is 2.09. The molecule has 0 radical (unpaired) electrons. The number of hydrogen-bond acceptors (Lipinski definition) is 4. The molecule has 1 aromatic heterocycles. The maximum atomic E-state index is 5.93. The average Bonchev–Trinajstić information content (AvgIpc) is 3.17. The lowest BCUT2D eigenvalue weighted by atomic mass is 10.1. The number of methoxy groups -OCH3 is 1. The molecule has 5 nitrogen and oxygen atoms in total. The molecule has 0 unspecified atom stereocenters. The molecule has 0 atom stereocenters. The summed E-state index contributed by atoms with van der Waals surface area (Å²) in [4.78, 5) is 4.54. The standard InChI is InChI=1S/C25H25N3O2/c1-28-24(21-11-7-12-22(15-21)29-2)17-27-25(28)26-16-20-10-6-13-23(14-20)30-18-19-8-4-3-5-9-19/h3-15,17H,16,18H2,1-2H3,(H,26,27). The summed E-state index contributed by atoms with van der Waals surface area (Å²) >= 11 is 0. The summed E-state index contributed by atoms with van der Waals surface area (Å²) in [5.41, 5.74) is 4.37. The Morgan fingerprint density at radius 3 is 2.47 bits per heavy atom. The van der Waals surface area contributed by atoms with Crippen molar-refractivity contribution >= 4 is 5.95 Å². The molecule has 30 heavy (non-hydrogen) atoms. The monoisotopic (exact) mass is 399 g/mol. The van der Waals surface area contributed by atoms with Crippen LogP contribution in [-0.4, -0.2) is 16.7 Å². The van der Waals surface area contributed by atoms with E-state index in [2.05, 4.69) is 40.6 Å². The highest BCUT2D eigenvalue weighted by Crippen LogP contribution is 2.26. The van der Waals surface area contributed by atoms with Crippen LogP contribution in [-0.2, 0) is 20.2 Å². The largest absolute Gasteiger partial charge is 0.497 e. The maximum Gasteiger partial charge on any atom is 0.203 e. The first-order valence-electron chi connectivity index (χ1n) is 9.88. The van der Waals surface area contributed by atoms with Crippen LogP contribution in [0, 0.1) is 0 Å². The molecule has 5 heteroatoms. The summed E-state index contributed by atoms with van der Waals surface area (Å²) < 4.78 is 13.3. The molecule has 0 aliphatic carbocycles. The maximum absolute atomic E-state index is 5.93. The minimum Gasteiger partial charge on any atom is -0.497 e. The van der Waals surface area contributed by atoms with Crippen LogP contribution in [0.1, 0.15) is 11.1 Å². The number of imidazole rings is 1. The van der Waals surface area contributed by atoms with Crippen molar-refractivity contribution in [3.63, 3.8) is 0 Å². The second-order valence-electron chi connectivity index (χ2n) is 7.03. The highest BCUT2D eigenvalue weighted by molar-refractivity contribution is 5.63. The lowest BCUT2D eigenvalue weighted by Crippen LogP contribution is -2.06. The fourth-order valence-corrected chi connectivity index (χ4v) is 3.29. The van der Waals surface area contributed by atoms with Gasteiger partial charge in [-0.3, -0.25) is 0 Å². The molecule has 0 fully saturated rings. The van der Waals surface area contributed by atoms with Gasteiger partial charge in [0.25, 0.3) is 0 Å². The number of benzene rings is 3. The third-order valence-corrected chi connectivity index (χ3v) is 4.95. The van der Waals surface area contributed by atoms with Crippen molar-refractivity contribution in [2.45, 2.75) is 13.2 Å². The van der Waals surface area contributed by atoms with Crippen molar-refractivity contribution in [1.82, 2.24) is 9.55 Å². The van der Waals surface area contributed by atoms with Gasteiger partial charge in [-0.15, -0.1) is 0 Å². The summed E-state index contributed by atoms with van der Waals surface area (Å²) in [5, 5.41) is 3.41. The van der Waals surface area contributed by atoms with Crippen molar-refractivity contribution < 1.29 is 9.47 Å². The molecule has 0 bridgehead atoms. The molecule has 0 saturated carbocycles. The Hall–Kier alpha value is -3.73. The Morgan fingerprint density at radius 1 is 0.867 bits per heavy atom. The lowest BCUT2D eigenvalue weighted by molar-refractivity contribution is 0.306. The molecular formula is C25H25N3O2. The third kappa shape index (κ3) is 4.63. The first-order valence-corrected chi connectivity index (χ1v) is 9.88. The molecule has 1 N–H and O–H groups in total. The zero-order valence-corrected chi connectivity index (χ0v) is 17.2. The van der Waals surface area contributed by atoms with Gasteiger partial charge >= 0.3 is 0 Å². The molecular weight excluding hydrogens is 374 g/mol. The van der Waals surface area contributed by atoms with Crippen molar-refractivity contribution in [1.29, 1.82) is 0 Å². The topological polar surface area (TPSA) is 48.3 Å². The molecule has 0 amide bonds. The normalized spacial score (nSPS) is 10.6. The van der Waals surface area contributed by atoms with E-state index >= 15 is 0 Å². The molecule has 0 saturated heterocycles. The molecule has 4 aromatic rings. The SMILES string of the molecule is COc1cccc(-c2cnc(NCc3cccc(OCc4ccccc4)c3)n2C)c1. The van der Waals surface area contributed by atoms with Crippen LogP contribution in [0.5, 0.6) is 11.5 Å². The van der Waals surface area contributed by atoms with Gasteiger partial charge in [-0.25, -0.2) is 4.98 Å². The number of nitrogens with zero attached hydrogens (tertiary/aromatic N) is 2. The molecule has 0 spiro atoms. The van der Waals surface area contributed by atoms with Gasteiger partial charge in [0.2, 0.25) is 5.95 Å². The molecule has 152 valence electrons. The molecule has 1 heterocycles. The van der Waals surface area contributed by atoms with E-state index in [9.17, 15) is 0 Å². The van der Waals surface area contributed by atoms with Gasteiger partial charge < -0.3 is 19.4 Å². The summed E-state index contributed by atoms with van der Waals surface area (Å²) in [6, 6.07) is 26.3. The van der Waals surface area contributed by atoms with Gasteiger partial charge in [0.1, 0.15) is 18.1 Å². The van der Waals surface area contributed by atoms with E-state index in [4.69, 9.17) is 9.47 Å². The number of ether oxygens (including phenoxy) is 2. The summed E-state index contributed by atoms with van der Waals surface area (Å²) in [6.07, 6.45) is 1.87. The zero-order valence-electron chi connectivity index (χ0n) is 17.2. The van der Waals surface area contributed by atoms with Crippen molar-refractivity contribution in [3.8, 4) is 22.8 Å². The molecule has 0 aliphatic heterocycles. The van der Waals surface area contributed by atoms with E-state index in [-0.39, 0.29) is 0 Å². The van der Waals surface area contributed by atoms with Crippen LogP contribution < -0.4 is 14.8 Å². The van der Waals surface area contributed by atoms with Crippen LogP contribution >= 0.6 is 0 Å². The van der Waals surface area contributed by atoms with Crippen molar-refractivity contribution in [2.24, 2.45) is 7.05 Å². The second kappa shape index (κ2) is 9.18. The molecule has 4 rings (SSSR count). The van der Waals surface area contributed by atoms with Crippen LogP contribution in [0.3, 0.4) is 0 Å². The second-order valence-corrected chi connectivity index (χ2v) is 7.03. The Morgan fingerprint density at radius 2 is 1.63 bits per heavy atom. The predicted molar refractivity (Wildman–Crippen MR) is 120 cm³/mol. The molecule has 3 aromatic carbocycles. The third-order valence-electron chi connectivity index (χ3n) is 4.95. The Balaban J connectivity index is 1.41. The average molecular weight is 399 g/mol. The van der Waals surface area contributed by atoms with Crippen molar-refractivity contribution in [3.05, 3.63) is 96.2 Å². The highest BCUT2D eigenvalue weighted by atomic mass is 16.5. The van der Waals surface area contributed by atoms with Gasteiger partial charge in [-0.2, -0.15) is 0 Å². The number of hydrogen-bond donors (Lipinski definition) is 1. The van der Waals surface area contributed by atoms with Crippen LogP contribution in [0.25, 0.3) is 11.3 Å².